The number of aryl methyl sites for hydroxylation is 1. The lowest BCUT2D eigenvalue weighted by atomic mass is 10.3. The van der Waals surface area contributed by atoms with Gasteiger partial charge in [-0.15, -0.1) is 0 Å². The molecule has 0 spiro atoms. The van der Waals surface area contributed by atoms with Gasteiger partial charge in [0.15, 0.2) is 0 Å². The fourth-order valence-electron chi connectivity index (χ4n) is 2.61. The summed E-state index contributed by atoms with van der Waals surface area (Å²) in [5.74, 6) is 0.708. The van der Waals surface area contributed by atoms with Crippen molar-refractivity contribution in [1.29, 1.82) is 0 Å². The molecule has 0 unspecified atom stereocenters. The summed E-state index contributed by atoms with van der Waals surface area (Å²) < 4.78 is 9.21. The molecule has 1 heterocycles. The Morgan fingerprint density at radius 2 is 1.77 bits per heavy atom. The minimum absolute atomic E-state index is 0.00149. The number of hydrogen-bond acceptors (Lipinski definition) is 2. The first kappa shape index (κ1) is 14.7. The molecule has 22 heavy (non-hydrogen) atoms. The van der Waals surface area contributed by atoms with Crippen LogP contribution in [-0.4, -0.2) is 15.7 Å². The molecule has 5 heteroatoms. The minimum Gasteiger partial charge on any atom is -0.492 e. The van der Waals surface area contributed by atoms with Crippen LogP contribution in [-0.2, 0) is 13.1 Å². The van der Waals surface area contributed by atoms with Crippen LogP contribution in [0.1, 0.15) is 6.92 Å². The molecule has 0 aliphatic carbocycles. The van der Waals surface area contributed by atoms with Crippen LogP contribution in [0.2, 0.25) is 5.02 Å². The Labute approximate surface area is 133 Å². The zero-order valence-corrected chi connectivity index (χ0v) is 13.1. The molecule has 0 amide bonds. The lowest BCUT2D eigenvalue weighted by Crippen LogP contribution is -2.25. The van der Waals surface area contributed by atoms with Crippen molar-refractivity contribution in [2.45, 2.75) is 20.0 Å². The van der Waals surface area contributed by atoms with Gasteiger partial charge in [-0.3, -0.25) is 9.13 Å². The third kappa shape index (κ3) is 2.74. The largest absolute Gasteiger partial charge is 0.492 e. The molecule has 0 aliphatic rings. The number of rotatable bonds is 5. The molecule has 3 aromatic rings. The number of ether oxygens (including phenoxy) is 1. The van der Waals surface area contributed by atoms with Crippen molar-refractivity contribution in [3.8, 4) is 5.75 Å². The van der Waals surface area contributed by atoms with Crippen molar-refractivity contribution >= 4 is 22.6 Å². The number of aromatic nitrogens is 2. The first-order chi connectivity index (χ1) is 10.7. The van der Waals surface area contributed by atoms with E-state index < -0.39 is 0 Å². The van der Waals surface area contributed by atoms with Gasteiger partial charge in [-0.05, 0) is 37.3 Å². The monoisotopic (exact) mass is 316 g/mol. The van der Waals surface area contributed by atoms with Crippen molar-refractivity contribution < 1.29 is 4.74 Å². The second-order valence-corrected chi connectivity index (χ2v) is 5.41. The van der Waals surface area contributed by atoms with Gasteiger partial charge in [0, 0.05) is 11.6 Å². The smallest absolute Gasteiger partial charge is 0.329 e. The molecule has 1 aromatic heterocycles. The maximum absolute atomic E-state index is 12.5. The highest BCUT2D eigenvalue weighted by atomic mass is 35.5. The lowest BCUT2D eigenvalue weighted by molar-refractivity contribution is 0.298. The van der Waals surface area contributed by atoms with Crippen molar-refractivity contribution in [3.63, 3.8) is 0 Å². The fourth-order valence-corrected chi connectivity index (χ4v) is 2.79. The molecule has 0 radical (unpaired) electrons. The number of benzene rings is 2. The molecule has 4 nitrogen and oxygen atoms in total. The van der Waals surface area contributed by atoms with Crippen molar-refractivity contribution in [3.05, 3.63) is 64.0 Å². The summed E-state index contributed by atoms with van der Waals surface area (Å²) in [5.41, 5.74) is 1.89. The molecule has 0 saturated heterocycles. The highest BCUT2D eigenvalue weighted by molar-refractivity contribution is 6.30. The summed E-state index contributed by atoms with van der Waals surface area (Å²) in [6, 6.07) is 15.1. The third-order valence-corrected chi connectivity index (χ3v) is 3.86. The van der Waals surface area contributed by atoms with E-state index in [-0.39, 0.29) is 5.69 Å². The second-order valence-electron chi connectivity index (χ2n) is 4.97. The number of para-hydroxylation sites is 2. The Balaban J connectivity index is 1.82. The highest BCUT2D eigenvalue weighted by Crippen LogP contribution is 2.17. The SMILES string of the molecule is CCn1c(=O)n(CCOc2cccc(Cl)c2)c2ccccc21. The molecular weight excluding hydrogens is 300 g/mol. The van der Waals surface area contributed by atoms with E-state index in [1.54, 1.807) is 21.3 Å². The van der Waals surface area contributed by atoms with Crippen LogP contribution in [0.25, 0.3) is 11.0 Å². The normalized spacial score (nSPS) is 11.0. The van der Waals surface area contributed by atoms with Gasteiger partial charge in [-0.2, -0.15) is 0 Å². The van der Waals surface area contributed by atoms with Crippen LogP contribution in [0.4, 0.5) is 0 Å². The molecular formula is C17H17ClN2O2. The molecule has 0 atom stereocenters. The van der Waals surface area contributed by atoms with Crippen LogP contribution >= 0.6 is 11.6 Å². The van der Waals surface area contributed by atoms with Crippen LogP contribution < -0.4 is 10.4 Å². The molecule has 0 bridgehead atoms. The summed E-state index contributed by atoms with van der Waals surface area (Å²) in [5, 5.41) is 0.636. The summed E-state index contributed by atoms with van der Waals surface area (Å²) in [4.78, 5) is 12.5. The Kier molecular flexibility index (Phi) is 4.20. The average Bonchev–Trinajstić information content (AvgIpc) is 2.79. The summed E-state index contributed by atoms with van der Waals surface area (Å²) >= 11 is 5.93. The van der Waals surface area contributed by atoms with Gasteiger partial charge in [0.05, 0.1) is 17.6 Å². The molecule has 114 valence electrons. The van der Waals surface area contributed by atoms with E-state index in [4.69, 9.17) is 16.3 Å². The standard InChI is InChI=1S/C17H17ClN2O2/c1-2-19-15-8-3-4-9-16(15)20(17(19)21)10-11-22-14-7-5-6-13(18)12-14/h3-9,12H,2,10-11H2,1H3. The first-order valence-corrected chi connectivity index (χ1v) is 7.65. The first-order valence-electron chi connectivity index (χ1n) is 7.27. The van der Waals surface area contributed by atoms with Crippen molar-refractivity contribution in [2.24, 2.45) is 0 Å². The fraction of sp³-hybridized carbons (Fsp3) is 0.235. The van der Waals surface area contributed by atoms with E-state index in [9.17, 15) is 4.79 Å². The Morgan fingerprint density at radius 1 is 1.05 bits per heavy atom. The van der Waals surface area contributed by atoms with E-state index in [1.807, 2.05) is 43.3 Å². The number of fused-ring (bicyclic) bond motifs is 1. The van der Waals surface area contributed by atoms with Crippen LogP contribution in [0, 0.1) is 0 Å². The van der Waals surface area contributed by atoms with Crippen LogP contribution in [0.3, 0.4) is 0 Å². The van der Waals surface area contributed by atoms with Crippen molar-refractivity contribution in [1.82, 2.24) is 9.13 Å². The average molecular weight is 317 g/mol. The van der Waals surface area contributed by atoms with Gasteiger partial charge in [-0.1, -0.05) is 29.8 Å². The predicted octanol–water partition coefficient (Wildman–Crippen LogP) is 3.56. The molecule has 3 rings (SSSR count). The van der Waals surface area contributed by atoms with E-state index in [2.05, 4.69) is 0 Å². The number of halogens is 1. The summed E-state index contributed by atoms with van der Waals surface area (Å²) in [7, 11) is 0. The maximum atomic E-state index is 12.5. The molecule has 0 fully saturated rings. The Hall–Kier alpha value is -2.20. The number of imidazole rings is 1. The zero-order chi connectivity index (χ0) is 15.5. The molecule has 2 aromatic carbocycles. The van der Waals surface area contributed by atoms with Crippen LogP contribution in [0.15, 0.2) is 53.3 Å². The van der Waals surface area contributed by atoms with E-state index in [1.165, 1.54) is 0 Å². The topological polar surface area (TPSA) is 36.2 Å². The molecule has 0 N–H and O–H groups in total. The third-order valence-electron chi connectivity index (χ3n) is 3.62. The number of nitrogens with zero attached hydrogens (tertiary/aromatic N) is 2. The van der Waals surface area contributed by atoms with Crippen molar-refractivity contribution in [2.75, 3.05) is 6.61 Å². The van der Waals surface area contributed by atoms with Gasteiger partial charge in [0.1, 0.15) is 12.4 Å². The van der Waals surface area contributed by atoms with E-state index in [0.29, 0.717) is 30.5 Å². The minimum atomic E-state index is -0.00149. The molecule has 0 saturated carbocycles. The maximum Gasteiger partial charge on any atom is 0.329 e. The van der Waals surface area contributed by atoms with Crippen LogP contribution in [0.5, 0.6) is 5.75 Å². The second kappa shape index (κ2) is 6.28. The highest BCUT2D eigenvalue weighted by Gasteiger charge is 2.11. The van der Waals surface area contributed by atoms with Gasteiger partial charge in [0.25, 0.3) is 0 Å². The van der Waals surface area contributed by atoms with Gasteiger partial charge in [0.2, 0.25) is 0 Å². The Morgan fingerprint density at radius 3 is 2.45 bits per heavy atom. The summed E-state index contributed by atoms with van der Waals surface area (Å²) in [6.45, 7) is 3.54. The van der Waals surface area contributed by atoms with Gasteiger partial charge in [-0.25, -0.2) is 4.79 Å². The van der Waals surface area contributed by atoms with Gasteiger partial charge < -0.3 is 4.74 Å². The van der Waals surface area contributed by atoms with Gasteiger partial charge >= 0.3 is 5.69 Å². The zero-order valence-electron chi connectivity index (χ0n) is 12.3. The van der Waals surface area contributed by atoms with E-state index in [0.717, 1.165) is 11.0 Å². The quantitative estimate of drug-likeness (QED) is 0.721. The lowest BCUT2D eigenvalue weighted by Gasteiger charge is -2.07. The summed E-state index contributed by atoms with van der Waals surface area (Å²) in [6.07, 6.45) is 0. The molecule has 0 aliphatic heterocycles. The Bertz CT molecular complexity index is 851. The number of hydrogen-bond donors (Lipinski definition) is 0. The van der Waals surface area contributed by atoms with E-state index >= 15 is 0 Å². The predicted molar refractivity (Wildman–Crippen MR) is 88.8 cm³/mol.